The van der Waals surface area contributed by atoms with E-state index in [4.69, 9.17) is 0 Å². The van der Waals surface area contributed by atoms with Crippen molar-refractivity contribution in [3.63, 3.8) is 0 Å². The van der Waals surface area contributed by atoms with E-state index < -0.39 is 35.7 Å². The molecule has 0 fully saturated rings. The fourth-order valence-corrected chi connectivity index (χ4v) is 3.08. The number of hydrogen-bond acceptors (Lipinski definition) is 5. The van der Waals surface area contributed by atoms with Gasteiger partial charge >= 0.3 is 6.18 Å². The number of nitrogens with one attached hydrogen (secondary N) is 1. The van der Waals surface area contributed by atoms with Gasteiger partial charge in [-0.1, -0.05) is 0 Å². The molecule has 146 valence electrons. The summed E-state index contributed by atoms with van der Waals surface area (Å²) in [5, 5.41) is 9.55. The second kappa shape index (κ2) is 6.46. The number of aromatic nitrogens is 6. The first-order chi connectivity index (χ1) is 13.2. The molecule has 1 N–H and O–H groups in total. The normalized spacial score (nSPS) is 19.4. The van der Waals surface area contributed by atoms with Crippen LogP contribution in [0.4, 0.5) is 22.0 Å². The van der Waals surface area contributed by atoms with Crippen molar-refractivity contribution in [2.45, 2.75) is 31.6 Å². The van der Waals surface area contributed by atoms with Crippen LogP contribution in [0.2, 0.25) is 0 Å². The number of halogens is 5. The Morgan fingerprint density at radius 1 is 1.14 bits per heavy atom. The Balaban J connectivity index is 1.74. The summed E-state index contributed by atoms with van der Waals surface area (Å²) in [6.07, 6.45) is -3.41. The molecule has 0 spiro atoms. The Morgan fingerprint density at radius 3 is 2.50 bits per heavy atom. The third-order valence-electron chi connectivity index (χ3n) is 4.30. The highest BCUT2D eigenvalue weighted by atomic mass is 19.4. The number of H-pyrrole nitrogens is 1. The molecule has 28 heavy (non-hydrogen) atoms. The maximum absolute atomic E-state index is 13.5. The fraction of sp³-hybridized carbons (Fsp3) is 0.312. The van der Waals surface area contributed by atoms with E-state index in [0.29, 0.717) is 17.1 Å². The molecule has 2 unspecified atom stereocenters. The fourth-order valence-electron chi connectivity index (χ4n) is 3.08. The first-order valence-electron chi connectivity index (χ1n) is 8.13. The van der Waals surface area contributed by atoms with Crippen molar-refractivity contribution in [2.75, 3.05) is 0 Å². The van der Waals surface area contributed by atoms with Crippen LogP contribution in [-0.2, 0) is 12.6 Å². The zero-order chi connectivity index (χ0) is 20.1. The lowest BCUT2D eigenvalue weighted by molar-refractivity contribution is -0.144. The number of aromatic amines is 1. The van der Waals surface area contributed by atoms with Crippen LogP contribution in [0.3, 0.4) is 0 Å². The van der Waals surface area contributed by atoms with Gasteiger partial charge in [0.15, 0.2) is 11.6 Å². The summed E-state index contributed by atoms with van der Waals surface area (Å²) < 4.78 is 66.9. The summed E-state index contributed by atoms with van der Waals surface area (Å²) in [6, 6.07) is 1.68. The Labute approximate surface area is 154 Å². The number of rotatable bonds is 3. The standard InChI is InChI=1S/C16H12F5N7/c1-7-12(13-25-15(27-26-13)16(19,20)21)24-11(14-22-6-23-28(7)14)4-8-2-9(17)5-10(18)3-8/h2-3,5-7,12H,4H2,1H3,(H,25,26,27). The molecule has 0 saturated carbocycles. The second-order valence-corrected chi connectivity index (χ2v) is 6.29. The Hall–Kier alpha value is -3.18. The lowest BCUT2D eigenvalue weighted by atomic mass is 10.0. The number of fused-ring (bicyclic) bond motifs is 1. The summed E-state index contributed by atoms with van der Waals surface area (Å²) in [7, 11) is 0. The summed E-state index contributed by atoms with van der Waals surface area (Å²) >= 11 is 0. The minimum absolute atomic E-state index is 0.0108. The maximum Gasteiger partial charge on any atom is 0.453 e. The van der Waals surface area contributed by atoms with Gasteiger partial charge < -0.3 is 0 Å². The van der Waals surface area contributed by atoms with Crippen LogP contribution in [-0.4, -0.2) is 35.7 Å². The lowest BCUT2D eigenvalue weighted by Gasteiger charge is -2.26. The molecule has 0 bridgehead atoms. The van der Waals surface area contributed by atoms with Gasteiger partial charge in [-0.05, 0) is 24.6 Å². The van der Waals surface area contributed by atoms with Gasteiger partial charge in [0.25, 0.3) is 5.82 Å². The molecule has 1 aromatic carbocycles. The van der Waals surface area contributed by atoms with Gasteiger partial charge in [0.05, 0.1) is 11.8 Å². The van der Waals surface area contributed by atoms with Crippen molar-refractivity contribution >= 4 is 5.71 Å². The van der Waals surface area contributed by atoms with E-state index >= 15 is 0 Å². The van der Waals surface area contributed by atoms with Gasteiger partial charge in [-0.15, -0.1) is 5.10 Å². The number of aliphatic imine (C=N–C) groups is 1. The highest BCUT2D eigenvalue weighted by molar-refractivity contribution is 5.99. The van der Waals surface area contributed by atoms with Gasteiger partial charge in [-0.2, -0.15) is 18.3 Å². The highest BCUT2D eigenvalue weighted by Crippen LogP contribution is 2.34. The predicted octanol–water partition coefficient (Wildman–Crippen LogP) is 3.04. The minimum atomic E-state index is -4.70. The molecule has 4 rings (SSSR count). The highest BCUT2D eigenvalue weighted by Gasteiger charge is 2.39. The molecule has 0 amide bonds. The molecule has 1 aliphatic rings. The Bertz CT molecular complexity index is 1030. The molecule has 12 heteroatoms. The average molecular weight is 397 g/mol. The maximum atomic E-state index is 13.5. The average Bonchev–Trinajstić information content (AvgIpc) is 3.25. The van der Waals surface area contributed by atoms with Crippen LogP contribution in [0.1, 0.15) is 42.0 Å². The lowest BCUT2D eigenvalue weighted by Crippen LogP contribution is -2.28. The van der Waals surface area contributed by atoms with E-state index in [2.05, 4.69) is 30.3 Å². The van der Waals surface area contributed by atoms with E-state index in [1.54, 1.807) is 6.92 Å². The minimum Gasteiger partial charge on any atom is -0.272 e. The van der Waals surface area contributed by atoms with Crippen molar-refractivity contribution in [1.82, 2.24) is 29.9 Å². The van der Waals surface area contributed by atoms with Crippen molar-refractivity contribution < 1.29 is 22.0 Å². The van der Waals surface area contributed by atoms with Crippen LogP contribution in [0, 0.1) is 11.6 Å². The van der Waals surface area contributed by atoms with Crippen molar-refractivity contribution in [1.29, 1.82) is 0 Å². The van der Waals surface area contributed by atoms with Gasteiger partial charge in [0.1, 0.15) is 24.0 Å². The number of alkyl halides is 3. The second-order valence-electron chi connectivity index (χ2n) is 6.29. The topological polar surface area (TPSA) is 84.6 Å². The quantitative estimate of drug-likeness (QED) is 0.689. The summed E-state index contributed by atoms with van der Waals surface area (Å²) in [4.78, 5) is 12.1. The summed E-state index contributed by atoms with van der Waals surface area (Å²) in [6.45, 7) is 1.70. The largest absolute Gasteiger partial charge is 0.453 e. The van der Waals surface area contributed by atoms with E-state index in [1.807, 2.05) is 0 Å². The van der Waals surface area contributed by atoms with E-state index in [9.17, 15) is 22.0 Å². The SMILES string of the molecule is CC1C(c2nc(C(F)(F)F)n[nH]2)N=C(Cc2cc(F)cc(F)c2)c2ncnn21. The Kier molecular flexibility index (Phi) is 4.20. The molecule has 2 aromatic heterocycles. The third kappa shape index (κ3) is 3.25. The van der Waals surface area contributed by atoms with Crippen molar-refractivity contribution in [2.24, 2.45) is 4.99 Å². The molecule has 3 heterocycles. The zero-order valence-corrected chi connectivity index (χ0v) is 14.2. The molecular formula is C16H12F5N7. The Morgan fingerprint density at radius 2 is 1.86 bits per heavy atom. The molecule has 3 aromatic rings. The van der Waals surface area contributed by atoms with Gasteiger partial charge in [0.2, 0.25) is 0 Å². The molecule has 2 atom stereocenters. The van der Waals surface area contributed by atoms with E-state index in [0.717, 1.165) is 18.2 Å². The van der Waals surface area contributed by atoms with E-state index in [1.165, 1.54) is 11.0 Å². The van der Waals surface area contributed by atoms with Crippen LogP contribution in [0.5, 0.6) is 0 Å². The molecule has 1 aliphatic heterocycles. The zero-order valence-electron chi connectivity index (χ0n) is 14.2. The van der Waals surface area contributed by atoms with Crippen LogP contribution >= 0.6 is 0 Å². The summed E-state index contributed by atoms with van der Waals surface area (Å²) in [5.74, 6) is -2.53. The molecule has 7 nitrogen and oxygen atoms in total. The first kappa shape index (κ1) is 18.2. The van der Waals surface area contributed by atoms with Crippen LogP contribution in [0.15, 0.2) is 29.5 Å². The molecule has 0 radical (unpaired) electrons. The van der Waals surface area contributed by atoms with E-state index in [-0.39, 0.29) is 12.2 Å². The van der Waals surface area contributed by atoms with Crippen LogP contribution in [0.25, 0.3) is 0 Å². The van der Waals surface area contributed by atoms with Gasteiger partial charge in [-0.3, -0.25) is 10.1 Å². The van der Waals surface area contributed by atoms with Crippen molar-refractivity contribution in [3.8, 4) is 0 Å². The van der Waals surface area contributed by atoms with Gasteiger partial charge in [0, 0.05) is 12.5 Å². The monoisotopic (exact) mass is 397 g/mol. The first-order valence-corrected chi connectivity index (χ1v) is 8.13. The number of nitrogens with zero attached hydrogens (tertiary/aromatic N) is 6. The third-order valence-corrected chi connectivity index (χ3v) is 4.30. The molecule has 0 aliphatic carbocycles. The van der Waals surface area contributed by atoms with Gasteiger partial charge in [-0.25, -0.2) is 23.4 Å². The molecule has 0 saturated heterocycles. The van der Waals surface area contributed by atoms with Crippen LogP contribution < -0.4 is 0 Å². The smallest absolute Gasteiger partial charge is 0.272 e. The predicted molar refractivity (Wildman–Crippen MR) is 85.5 cm³/mol. The number of hydrogen-bond donors (Lipinski definition) is 1. The molecular weight excluding hydrogens is 385 g/mol. The van der Waals surface area contributed by atoms with Crippen molar-refractivity contribution in [3.05, 3.63) is 59.2 Å². The summed E-state index contributed by atoms with van der Waals surface area (Å²) in [5.41, 5.74) is 0.614. The number of benzene rings is 1.